The summed E-state index contributed by atoms with van der Waals surface area (Å²) in [5.74, 6) is -1.43. The lowest BCUT2D eigenvalue weighted by atomic mass is 10.1. The molecule has 4 nitrogen and oxygen atoms in total. The van der Waals surface area contributed by atoms with Crippen LogP contribution in [0.1, 0.15) is 22.8 Å². The normalized spacial score (nSPS) is 11.6. The molecule has 2 aromatic rings. The van der Waals surface area contributed by atoms with Crippen molar-refractivity contribution in [3.63, 3.8) is 0 Å². The highest BCUT2D eigenvalue weighted by Gasteiger charge is 2.19. The highest BCUT2D eigenvalue weighted by molar-refractivity contribution is 5.97. The fourth-order valence-electron chi connectivity index (χ4n) is 1.86. The lowest BCUT2D eigenvalue weighted by molar-refractivity contribution is -0.123. The third-order valence-electron chi connectivity index (χ3n) is 3.13. The number of halogens is 1. The van der Waals surface area contributed by atoms with Crippen LogP contribution in [0, 0.1) is 12.7 Å². The molecule has 1 amide bonds. The molecule has 0 aliphatic rings. The molecule has 114 valence electrons. The molecule has 0 aliphatic heterocycles. The van der Waals surface area contributed by atoms with Gasteiger partial charge in [-0.3, -0.25) is 4.79 Å². The van der Waals surface area contributed by atoms with Gasteiger partial charge >= 0.3 is 5.97 Å². The summed E-state index contributed by atoms with van der Waals surface area (Å²) >= 11 is 0. The van der Waals surface area contributed by atoms with Gasteiger partial charge in [-0.25, -0.2) is 9.18 Å². The molecule has 0 radical (unpaired) electrons. The molecule has 0 saturated heterocycles. The van der Waals surface area contributed by atoms with Crippen molar-refractivity contribution in [2.24, 2.45) is 0 Å². The fourth-order valence-corrected chi connectivity index (χ4v) is 1.86. The van der Waals surface area contributed by atoms with E-state index in [0.717, 1.165) is 5.56 Å². The first-order valence-electron chi connectivity index (χ1n) is 6.80. The monoisotopic (exact) mass is 301 g/mol. The van der Waals surface area contributed by atoms with Crippen LogP contribution in [0.25, 0.3) is 0 Å². The van der Waals surface area contributed by atoms with Gasteiger partial charge in [0, 0.05) is 5.69 Å². The Morgan fingerprint density at radius 2 is 1.73 bits per heavy atom. The number of ether oxygens (including phenoxy) is 1. The number of carbonyl (C=O) groups excluding carboxylic acids is 2. The van der Waals surface area contributed by atoms with Gasteiger partial charge in [-0.15, -0.1) is 0 Å². The van der Waals surface area contributed by atoms with E-state index in [4.69, 9.17) is 4.74 Å². The van der Waals surface area contributed by atoms with Gasteiger partial charge in [0.05, 0.1) is 5.56 Å². The SMILES string of the molecule is Cc1ccccc1C(=O)OC(C)C(=O)Nc1ccc(F)cc1. The van der Waals surface area contributed by atoms with Crippen molar-refractivity contribution in [1.29, 1.82) is 0 Å². The fraction of sp³-hybridized carbons (Fsp3) is 0.176. The van der Waals surface area contributed by atoms with Gasteiger partial charge in [-0.2, -0.15) is 0 Å². The number of aryl methyl sites for hydroxylation is 1. The van der Waals surface area contributed by atoms with Crippen molar-refractivity contribution in [3.8, 4) is 0 Å². The van der Waals surface area contributed by atoms with Gasteiger partial charge in [0.2, 0.25) is 0 Å². The summed E-state index contributed by atoms with van der Waals surface area (Å²) in [5.41, 5.74) is 1.63. The van der Waals surface area contributed by atoms with Crippen LogP contribution < -0.4 is 5.32 Å². The average Bonchev–Trinajstić information content (AvgIpc) is 2.49. The minimum atomic E-state index is -0.961. The number of anilines is 1. The van der Waals surface area contributed by atoms with Crippen LogP contribution in [-0.2, 0) is 9.53 Å². The number of rotatable bonds is 4. The van der Waals surface area contributed by atoms with Crippen molar-refractivity contribution in [1.82, 2.24) is 0 Å². The molecule has 1 N–H and O–H groups in total. The van der Waals surface area contributed by atoms with Gasteiger partial charge in [0.15, 0.2) is 6.10 Å². The molecule has 0 heterocycles. The van der Waals surface area contributed by atoms with Crippen molar-refractivity contribution < 1.29 is 18.7 Å². The number of carbonyl (C=O) groups is 2. The highest BCUT2D eigenvalue weighted by atomic mass is 19.1. The largest absolute Gasteiger partial charge is 0.449 e. The van der Waals surface area contributed by atoms with Crippen molar-refractivity contribution in [2.45, 2.75) is 20.0 Å². The molecule has 1 unspecified atom stereocenters. The van der Waals surface area contributed by atoms with E-state index in [0.29, 0.717) is 11.3 Å². The average molecular weight is 301 g/mol. The van der Waals surface area contributed by atoms with Gasteiger partial charge in [0.25, 0.3) is 5.91 Å². The molecule has 2 aromatic carbocycles. The maximum Gasteiger partial charge on any atom is 0.339 e. The van der Waals surface area contributed by atoms with Crippen LogP contribution in [0.2, 0.25) is 0 Å². The van der Waals surface area contributed by atoms with Crippen molar-refractivity contribution >= 4 is 17.6 Å². The third kappa shape index (κ3) is 3.91. The number of hydrogen-bond acceptors (Lipinski definition) is 3. The molecular weight excluding hydrogens is 285 g/mol. The van der Waals surface area contributed by atoms with Gasteiger partial charge in [-0.1, -0.05) is 18.2 Å². The van der Waals surface area contributed by atoms with Gasteiger partial charge in [-0.05, 0) is 49.7 Å². The highest BCUT2D eigenvalue weighted by Crippen LogP contribution is 2.12. The predicted octanol–water partition coefficient (Wildman–Crippen LogP) is 3.32. The minimum Gasteiger partial charge on any atom is -0.449 e. The van der Waals surface area contributed by atoms with Crippen LogP contribution in [0.5, 0.6) is 0 Å². The molecular formula is C17H16FNO3. The quantitative estimate of drug-likeness (QED) is 0.881. The maximum absolute atomic E-state index is 12.8. The molecule has 0 saturated carbocycles. The lowest BCUT2D eigenvalue weighted by Gasteiger charge is -2.14. The summed E-state index contributed by atoms with van der Waals surface area (Å²) < 4.78 is 17.9. The Balaban J connectivity index is 1.98. The van der Waals surface area contributed by atoms with Crippen molar-refractivity contribution in [2.75, 3.05) is 5.32 Å². The molecule has 0 aromatic heterocycles. The van der Waals surface area contributed by atoms with E-state index in [9.17, 15) is 14.0 Å². The zero-order valence-corrected chi connectivity index (χ0v) is 12.3. The summed E-state index contributed by atoms with van der Waals surface area (Å²) in [6, 6.07) is 12.3. The molecule has 5 heteroatoms. The van der Waals surface area contributed by atoms with E-state index < -0.39 is 23.8 Å². The van der Waals surface area contributed by atoms with E-state index in [1.807, 2.05) is 6.07 Å². The minimum absolute atomic E-state index is 0.392. The van der Waals surface area contributed by atoms with E-state index >= 15 is 0 Å². The van der Waals surface area contributed by atoms with E-state index in [1.165, 1.54) is 31.2 Å². The van der Waals surface area contributed by atoms with Crippen LogP contribution in [0.4, 0.5) is 10.1 Å². The first kappa shape index (κ1) is 15.7. The zero-order chi connectivity index (χ0) is 16.1. The van der Waals surface area contributed by atoms with Gasteiger partial charge < -0.3 is 10.1 Å². The second-order valence-electron chi connectivity index (χ2n) is 4.86. The Morgan fingerprint density at radius 3 is 2.36 bits per heavy atom. The Morgan fingerprint density at radius 1 is 1.09 bits per heavy atom. The second-order valence-corrected chi connectivity index (χ2v) is 4.86. The smallest absolute Gasteiger partial charge is 0.339 e. The number of hydrogen-bond donors (Lipinski definition) is 1. The van der Waals surface area contributed by atoms with Crippen LogP contribution in [0.15, 0.2) is 48.5 Å². The maximum atomic E-state index is 12.8. The molecule has 22 heavy (non-hydrogen) atoms. The van der Waals surface area contributed by atoms with Gasteiger partial charge in [0.1, 0.15) is 5.82 Å². The van der Waals surface area contributed by atoms with Crippen LogP contribution in [0.3, 0.4) is 0 Å². The summed E-state index contributed by atoms with van der Waals surface area (Å²) in [7, 11) is 0. The Labute approximate surface area is 127 Å². The molecule has 0 aliphatic carbocycles. The molecule has 0 fully saturated rings. The van der Waals surface area contributed by atoms with Crippen LogP contribution in [-0.4, -0.2) is 18.0 Å². The lowest BCUT2D eigenvalue weighted by Crippen LogP contribution is -2.30. The van der Waals surface area contributed by atoms with Crippen LogP contribution >= 0.6 is 0 Å². The number of nitrogens with one attached hydrogen (secondary N) is 1. The third-order valence-corrected chi connectivity index (χ3v) is 3.13. The van der Waals surface area contributed by atoms with E-state index in [2.05, 4.69) is 5.32 Å². The predicted molar refractivity (Wildman–Crippen MR) is 81.1 cm³/mol. The summed E-state index contributed by atoms with van der Waals surface area (Å²) in [6.45, 7) is 3.27. The second kappa shape index (κ2) is 6.85. The Hall–Kier alpha value is -2.69. The number of amides is 1. The first-order valence-corrected chi connectivity index (χ1v) is 6.80. The molecule has 1 atom stereocenters. The topological polar surface area (TPSA) is 55.4 Å². The summed E-state index contributed by atoms with van der Waals surface area (Å²) in [5, 5.41) is 2.56. The standard InChI is InChI=1S/C17H16FNO3/c1-11-5-3-4-6-15(11)17(21)22-12(2)16(20)19-14-9-7-13(18)8-10-14/h3-10,12H,1-2H3,(H,19,20). The molecule has 0 spiro atoms. The first-order chi connectivity index (χ1) is 10.5. The molecule has 2 rings (SSSR count). The Kier molecular flexibility index (Phi) is 4.88. The summed E-state index contributed by atoms with van der Waals surface area (Å²) in [6.07, 6.45) is -0.961. The van der Waals surface area contributed by atoms with E-state index in [-0.39, 0.29) is 0 Å². The molecule has 0 bridgehead atoms. The van der Waals surface area contributed by atoms with E-state index in [1.54, 1.807) is 25.1 Å². The summed E-state index contributed by atoms with van der Waals surface area (Å²) in [4.78, 5) is 24.0. The van der Waals surface area contributed by atoms with Crippen molar-refractivity contribution in [3.05, 3.63) is 65.5 Å². The number of esters is 1. The zero-order valence-electron chi connectivity index (χ0n) is 12.3. The Bertz CT molecular complexity index is 683. The number of benzene rings is 2.